The van der Waals surface area contributed by atoms with Gasteiger partial charge in [-0.15, -0.1) is 11.3 Å². The lowest BCUT2D eigenvalue weighted by molar-refractivity contribution is 0.414. The van der Waals surface area contributed by atoms with Gasteiger partial charge in [-0.25, -0.2) is 13.4 Å². The normalized spacial score (nSPS) is 11.7. The largest absolute Gasteiger partial charge is 0.497 e. The number of ether oxygens (including phenoxy) is 1. The molecule has 6 heteroatoms. The number of rotatable bonds is 5. The molecule has 0 bridgehead atoms. The Balaban J connectivity index is 1.80. The molecule has 22 heavy (non-hydrogen) atoms. The zero-order chi connectivity index (χ0) is 15.6. The summed E-state index contributed by atoms with van der Waals surface area (Å²) in [5.74, 6) is 0.608. The van der Waals surface area contributed by atoms with Gasteiger partial charge in [-0.2, -0.15) is 0 Å². The molecule has 3 aromatic rings. The van der Waals surface area contributed by atoms with E-state index in [4.69, 9.17) is 4.74 Å². The molecule has 1 heterocycles. The van der Waals surface area contributed by atoms with Gasteiger partial charge in [-0.05, 0) is 29.8 Å². The first kappa shape index (κ1) is 15.0. The van der Waals surface area contributed by atoms with Crippen LogP contribution in [0.4, 0.5) is 0 Å². The number of hydrogen-bond acceptors (Lipinski definition) is 5. The molecule has 0 aliphatic heterocycles. The molecule has 0 fully saturated rings. The Morgan fingerprint density at radius 1 is 1.09 bits per heavy atom. The Hall–Kier alpha value is -1.92. The monoisotopic (exact) mass is 333 g/mol. The maximum atomic E-state index is 12.4. The van der Waals surface area contributed by atoms with E-state index in [0.29, 0.717) is 10.8 Å². The van der Waals surface area contributed by atoms with Gasteiger partial charge in [0.1, 0.15) is 16.5 Å². The molecule has 1 aromatic heterocycles. The minimum absolute atomic E-state index is 0.0138. The Bertz CT molecular complexity index is 867. The maximum absolute atomic E-state index is 12.4. The summed E-state index contributed by atoms with van der Waals surface area (Å²) in [6.45, 7) is 0. The van der Waals surface area contributed by atoms with Crippen LogP contribution < -0.4 is 4.74 Å². The molecular weight excluding hydrogens is 318 g/mol. The number of thiazole rings is 1. The van der Waals surface area contributed by atoms with Crippen molar-refractivity contribution in [1.82, 2.24) is 4.98 Å². The number of benzene rings is 2. The molecule has 0 aliphatic rings. The van der Waals surface area contributed by atoms with Crippen LogP contribution in [0.15, 0.2) is 48.5 Å². The fourth-order valence-electron chi connectivity index (χ4n) is 2.24. The lowest BCUT2D eigenvalue weighted by atomic mass is 10.2. The Morgan fingerprint density at radius 2 is 1.91 bits per heavy atom. The van der Waals surface area contributed by atoms with Crippen LogP contribution in [0.1, 0.15) is 10.6 Å². The van der Waals surface area contributed by atoms with Gasteiger partial charge in [0.15, 0.2) is 9.84 Å². The molecule has 0 spiro atoms. The molecule has 0 saturated heterocycles. The summed E-state index contributed by atoms with van der Waals surface area (Å²) in [6, 6.07) is 14.8. The first-order valence-corrected chi connectivity index (χ1v) is 9.37. The molecular formula is C16H15NO3S2. The van der Waals surface area contributed by atoms with Gasteiger partial charge in [0, 0.05) is 0 Å². The number of hydrogen-bond donors (Lipinski definition) is 0. The Morgan fingerprint density at radius 3 is 2.68 bits per heavy atom. The smallest absolute Gasteiger partial charge is 0.160 e. The first-order chi connectivity index (χ1) is 10.6. The van der Waals surface area contributed by atoms with E-state index in [2.05, 4.69) is 4.98 Å². The minimum Gasteiger partial charge on any atom is -0.497 e. The van der Waals surface area contributed by atoms with Crippen LogP contribution in [0.3, 0.4) is 0 Å². The highest BCUT2D eigenvalue weighted by Crippen LogP contribution is 2.24. The van der Waals surface area contributed by atoms with Crippen molar-refractivity contribution in [3.8, 4) is 5.75 Å². The molecule has 0 radical (unpaired) electrons. The Labute approximate surface area is 133 Å². The molecule has 2 aromatic carbocycles. The maximum Gasteiger partial charge on any atom is 0.160 e. The van der Waals surface area contributed by atoms with Crippen molar-refractivity contribution in [1.29, 1.82) is 0 Å². The number of nitrogens with zero attached hydrogens (tertiary/aromatic N) is 1. The number of fused-ring (bicyclic) bond motifs is 1. The van der Waals surface area contributed by atoms with Gasteiger partial charge >= 0.3 is 0 Å². The number of sulfone groups is 1. The third-order valence-electron chi connectivity index (χ3n) is 3.20. The highest BCUT2D eigenvalue weighted by Gasteiger charge is 2.16. The third-order valence-corrected chi connectivity index (χ3v) is 5.91. The van der Waals surface area contributed by atoms with Crippen molar-refractivity contribution in [3.05, 3.63) is 59.1 Å². The second-order valence-electron chi connectivity index (χ2n) is 4.96. The zero-order valence-corrected chi connectivity index (χ0v) is 13.7. The van der Waals surface area contributed by atoms with E-state index in [1.807, 2.05) is 24.3 Å². The van der Waals surface area contributed by atoms with E-state index in [1.54, 1.807) is 31.4 Å². The average Bonchev–Trinajstić information content (AvgIpc) is 2.88. The second kappa shape index (κ2) is 6.06. The fraction of sp³-hybridized carbons (Fsp3) is 0.188. The lowest BCUT2D eigenvalue weighted by Gasteiger charge is -2.05. The van der Waals surface area contributed by atoms with Gasteiger partial charge in [-0.3, -0.25) is 0 Å². The summed E-state index contributed by atoms with van der Waals surface area (Å²) in [5, 5.41) is 0.629. The zero-order valence-electron chi connectivity index (χ0n) is 12.0. The molecule has 0 unspecified atom stereocenters. The summed E-state index contributed by atoms with van der Waals surface area (Å²) in [7, 11) is -1.70. The molecule has 0 amide bonds. The number of methoxy groups -OCH3 is 1. The summed E-state index contributed by atoms with van der Waals surface area (Å²) in [5.41, 5.74) is 1.57. The van der Waals surface area contributed by atoms with Crippen molar-refractivity contribution in [2.75, 3.05) is 7.11 Å². The van der Waals surface area contributed by atoms with Crippen molar-refractivity contribution in [2.24, 2.45) is 0 Å². The predicted molar refractivity (Wildman–Crippen MR) is 88.9 cm³/mol. The molecule has 0 saturated carbocycles. The molecule has 114 valence electrons. The van der Waals surface area contributed by atoms with Crippen LogP contribution in [0.25, 0.3) is 10.2 Å². The van der Waals surface area contributed by atoms with E-state index in [1.165, 1.54) is 11.3 Å². The van der Waals surface area contributed by atoms with Crippen LogP contribution in [-0.4, -0.2) is 20.5 Å². The fourth-order valence-corrected chi connectivity index (χ4v) is 5.00. The van der Waals surface area contributed by atoms with Crippen molar-refractivity contribution >= 4 is 31.4 Å². The van der Waals surface area contributed by atoms with E-state index in [9.17, 15) is 8.42 Å². The highest BCUT2D eigenvalue weighted by molar-refractivity contribution is 7.90. The topological polar surface area (TPSA) is 56.3 Å². The van der Waals surface area contributed by atoms with Gasteiger partial charge < -0.3 is 4.74 Å². The van der Waals surface area contributed by atoms with Crippen LogP contribution >= 0.6 is 11.3 Å². The van der Waals surface area contributed by atoms with Gasteiger partial charge in [-0.1, -0.05) is 24.3 Å². The van der Waals surface area contributed by atoms with Gasteiger partial charge in [0.25, 0.3) is 0 Å². The number of para-hydroxylation sites is 1. The van der Waals surface area contributed by atoms with Gasteiger partial charge in [0.2, 0.25) is 0 Å². The lowest BCUT2D eigenvalue weighted by Crippen LogP contribution is -2.07. The van der Waals surface area contributed by atoms with Crippen molar-refractivity contribution in [3.63, 3.8) is 0 Å². The quantitative estimate of drug-likeness (QED) is 0.718. The third kappa shape index (κ3) is 3.45. The summed E-state index contributed by atoms with van der Waals surface area (Å²) < 4.78 is 30.9. The van der Waals surface area contributed by atoms with E-state index in [-0.39, 0.29) is 11.5 Å². The average molecular weight is 333 g/mol. The Kier molecular flexibility index (Phi) is 4.13. The summed E-state index contributed by atoms with van der Waals surface area (Å²) in [4.78, 5) is 4.39. The first-order valence-electron chi connectivity index (χ1n) is 6.73. The molecule has 3 rings (SSSR count). The van der Waals surface area contributed by atoms with Crippen LogP contribution in [0.5, 0.6) is 5.75 Å². The molecule has 0 N–H and O–H groups in total. The van der Waals surface area contributed by atoms with Crippen LogP contribution in [-0.2, 0) is 21.3 Å². The van der Waals surface area contributed by atoms with Crippen LogP contribution in [0, 0.1) is 0 Å². The number of aromatic nitrogens is 1. The minimum atomic E-state index is -3.27. The second-order valence-corrected chi connectivity index (χ2v) is 8.14. The van der Waals surface area contributed by atoms with E-state index >= 15 is 0 Å². The predicted octanol–water partition coefficient (Wildman–Crippen LogP) is 3.42. The standard InChI is InChI=1S/C16H15NO3S2/c1-20-13-6-4-5-12(9-13)10-22(18,19)11-16-17-14-7-2-3-8-15(14)21-16/h2-9H,10-11H2,1H3. The van der Waals surface area contributed by atoms with Crippen molar-refractivity contribution in [2.45, 2.75) is 11.5 Å². The van der Waals surface area contributed by atoms with Crippen molar-refractivity contribution < 1.29 is 13.2 Å². The van der Waals surface area contributed by atoms with E-state index < -0.39 is 9.84 Å². The highest BCUT2D eigenvalue weighted by atomic mass is 32.2. The molecule has 4 nitrogen and oxygen atoms in total. The molecule has 0 atom stereocenters. The van der Waals surface area contributed by atoms with Gasteiger partial charge in [0.05, 0.1) is 23.1 Å². The summed E-state index contributed by atoms with van der Waals surface area (Å²) in [6.07, 6.45) is 0. The summed E-state index contributed by atoms with van der Waals surface area (Å²) >= 11 is 1.43. The van der Waals surface area contributed by atoms with E-state index in [0.717, 1.165) is 15.8 Å². The van der Waals surface area contributed by atoms with Crippen LogP contribution in [0.2, 0.25) is 0 Å². The molecule has 0 aliphatic carbocycles. The SMILES string of the molecule is COc1cccc(CS(=O)(=O)Cc2nc3ccccc3s2)c1.